The summed E-state index contributed by atoms with van der Waals surface area (Å²) in [4.78, 5) is 21.4. The summed E-state index contributed by atoms with van der Waals surface area (Å²) in [6.45, 7) is 0. The Bertz CT molecular complexity index is 1500. The first-order valence-corrected chi connectivity index (χ1v) is 10.4. The minimum Gasteiger partial charge on any atom is -0.457 e. The third-order valence-electron chi connectivity index (χ3n) is 5.11. The van der Waals surface area contributed by atoms with Crippen molar-refractivity contribution < 1.29 is 22.7 Å². The Hall–Kier alpha value is -4.73. The molecule has 3 aromatic carbocycles. The highest BCUT2D eigenvalue weighted by molar-refractivity contribution is 6.04. The summed E-state index contributed by atoms with van der Waals surface area (Å²) in [7, 11) is 0. The highest BCUT2D eigenvalue weighted by Crippen LogP contribution is 2.30. The van der Waals surface area contributed by atoms with E-state index < -0.39 is 17.6 Å². The molecule has 0 aliphatic rings. The lowest BCUT2D eigenvalue weighted by Crippen LogP contribution is -2.13. The van der Waals surface area contributed by atoms with Gasteiger partial charge in [0.15, 0.2) is 0 Å². The van der Waals surface area contributed by atoms with Crippen LogP contribution < -0.4 is 10.1 Å². The second kappa shape index (κ2) is 8.90. The van der Waals surface area contributed by atoms with Gasteiger partial charge in [0.05, 0.1) is 34.7 Å². The van der Waals surface area contributed by atoms with Crippen molar-refractivity contribution in [3.63, 3.8) is 0 Å². The Kier molecular flexibility index (Phi) is 5.61. The van der Waals surface area contributed by atoms with Crippen LogP contribution in [0.15, 0.2) is 85.3 Å². The van der Waals surface area contributed by atoms with Gasteiger partial charge < -0.3 is 10.1 Å². The fourth-order valence-corrected chi connectivity index (χ4v) is 3.37. The van der Waals surface area contributed by atoms with Crippen molar-refractivity contribution in [1.82, 2.24) is 20.2 Å². The number of aromatic nitrogens is 4. The molecular weight excluding hydrogens is 459 g/mol. The number of fused-ring (bicyclic) bond motifs is 1. The highest BCUT2D eigenvalue weighted by Gasteiger charge is 2.30. The molecule has 0 saturated carbocycles. The minimum absolute atomic E-state index is 0.0905. The monoisotopic (exact) mass is 475 g/mol. The van der Waals surface area contributed by atoms with Crippen molar-refractivity contribution in [2.45, 2.75) is 6.18 Å². The summed E-state index contributed by atoms with van der Waals surface area (Å²) < 4.78 is 44.6. The molecular formula is C25H16F3N5O2. The first-order chi connectivity index (χ1) is 16.8. The quantitative estimate of drug-likeness (QED) is 0.321. The van der Waals surface area contributed by atoms with Crippen molar-refractivity contribution >= 4 is 22.6 Å². The number of hydrogen-bond donors (Lipinski definition) is 2. The first kappa shape index (κ1) is 22.1. The van der Waals surface area contributed by atoms with Gasteiger partial charge in [0.1, 0.15) is 11.5 Å². The van der Waals surface area contributed by atoms with E-state index in [1.807, 2.05) is 0 Å². The normalized spacial score (nSPS) is 11.4. The van der Waals surface area contributed by atoms with Crippen LogP contribution in [-0.4, -0.2) is 26.1 Å². The zero-order valence-electron chi connectivity index (χ0n) is 17.9. The molecule has 2 N–H and O–H groups in total. The summed E-state index contributed by atoms with van der Waals surface area (Å²) in [5.41, 5.74) is 2.27. The summed E-state index contributed by atoms with van der Waals surface area (Å²) in [6.07, 6.45) is 0.525. The van der Waals surface area contributed by atoms with Gasteiger partial charge in [-0.25, -0.2) is 4.98 Å². The molecule has 5 rings (SSSR count). The Morgan fingerprint density at radius 3 is 2.46 bits per heavy atom. The molecule has 2 aromatic heterocycles. The van der Waals surface area contributed by atoms with Crippen LogP contribution in [0.3, 0.4) is 0 Å². The number of nitrogens with one attached hydrogen (secondary N) is 2. The number of aromatic amines is 1. The molecule has 174 valence electrons. The van der Waals surface area contributed by atoms with Crippen molar-refractivity contribution in [1.29, 1.82) is 0 Å². The Labute approximate surface area is 196 Å². The fraction of sp³-hybridized carbons (Fsp3) is 0.0400. The minimum atomic E-state index is -4.52. The maximum atomic E-state index is 12.9. The maximum Gasteiger partial charge on any atom is 0.416 e. The molecule has 1 amide bonds. The van der Waals surface area contributed by atoms with Crippen LogP contribution in [-0.2, 0) is 6.18 Å². The van der Waals surface area contributed by atoms with Crippen LogP contribution >= 0.6 is 0 Å². The number of nitrogens with zero attached hydrogens (tertiary/aromatic N) is 3. The molecule has 0 fully saturated rings. The number of benzene rings is 3. The van der Waals surface area contributed by atoms with E-state index in [0.29, 0.717) is 33.9 Å². The van der Waals surface area contributed by atoms with Crippen LogP contribution in [0.25, 0.3) is 22.3 Å². The number of H-pyrrole nitrogens is 1. The summed E-state index contributed by atoms with van der Waals surface area (Å²) in [5, 5.41) is 9.24. The zero-order valence-corrected chi connectivity index (χ0v) is 17.9. The maximum absolute atomic E-state index is 12.9. The molecule has 0 bridgehead atoms. The second-order valence-electron chi connectivity index (χ2n) is 7.55. The summed E-state index contributed by atoms with van der Waals surface area (Å²) >= 11 is 0. The van der Waals surface area contributed by atoms with E-state index >= 15 is 0 Å². The van der Waals surface area contributed by atoms with Gasteiger partial charge in [0.2, 0.25) is 0 Å². The predicted octanol–water partition coefficient (Wildman–Crippen LogP) is 6.08. The molecule has 5 aromatic rings. The van der Waals surface area contributed by atoms with Crippen LogP contribution in [0.4, 0.5) is 18.9 Å². The molecule has 0 saturated heterocycles. The lowest BCUT2D eigenvalue weighted by Gasteiger charge is -2.10. The molecule has 0 unspecified atom stereocenters. The molecule has 0 aliphatic heterocycles. The SMILES string of the molecule is O=C(Nc1ccc(Oc2ccc3ncc(-c4cn[nH]c4)nc3c2)cc1)c1cccc(C(F)(F)F)c1. The number of carbonyl (C=O) groups is 1. The van der Waals surface area contributed by atoms with Crippen LogP contribution in [0.1, 0.15) is 15.9 Å². The van der Waals surface area contributed by atoms with Gasteiger partial charge in [0, 0.05) is 29.1 Å². The van der Waals surface area contributed by atoms with Gasteiger partial charge in [-0.05, 0) is 54.6 Å². The van der Waals surface area contributed by atoms with Gasteiger partial charge in [-0.15, -0.1) is 0 Å². The highest BCUT2D eigenvalue weighted by atomic mass is 19.4. The third-order valence-corrected chi connectivity index (χ3v) is 5.11. The smallest absolute Gasteiger partial charge is 0.416 e. The van der Waals surface area contributed by atoms with Crippen LogP contribution in [0, 0.1) is 0 Å². The van der Waals surface area contributed by atoms with E-state index in [9.17, 15) is 18.0 Å². The van der Waals surface area contributed by atoms with Crippen molar-refractivity contribution in [2.75, 3.05) is 5.32 Å². The number of carbonyl (C=O) groups excluding carboxylic acids is 1. The molecule has 7 nitrogen and oxygen atoms in total. The van der Waals surface area contributed by atoms with Gasteiger partial charge in [-0.3, -0.25) is 14.9 Å². The van der Waals surface area contributed by atoms with Gasteiger partial charge in [-0.1, -0.05) is 6.07 Å². The lowest BCUT2D eigenvalue weighted by atomic mass is 10.1. The molecule has 2 heterocycles. The molecule has 35 heavy (non-hydrogen) atoms. The second-order valence-corrected chi connectivity index (χ2v) is 7.55. The number of halogens is 3. The molecule has 0 radical (unpaired) electrons. The van der Waals surface area contributed by atoms with E-state index in [0.717, 1.165) is 17.7 Å². The molecule has 0 spiro atoms. The van der Waals surface area contributed by atoms with Gasteiger partial charge in [-0.2, -0.15) is 18.3 Å². The van der Waals surface area contributed by atoms with Gasteiger partial charge >= 0.3 is 6.18 Å². The van der Waals surface area contributed by atoms with E-state index in [1.54, 1.807) is 61.1 Å². The predicted molar refractivity (Wildman–Crippen MR) is 123 cm³/mol. The summed E-state index contributed by atoms with van der Waals surface area (Å²) in [6, 6.07) is 16.0. The number of amides is 1. The van der Waals surface area contributed by atoms with Gasteiger partial charge in [0.25, 0.3) is 5.91 Å². The molecule has 0 atom stereocenters. The topological polar surface area (TPSA) is 92.8 Å². The van der Waals surface area contributed by atoms with Crippen LogP contribution in [0.2, 0.25) is 0 Å². The van der Waals surface area contributed by atoms with E-state index in [1.165, 1.54) is 12.1 Å². The number of anilines is 1. The first-order valence-electron chi connectivity index (χ1n) is 10.4. The Morgan fingerprint density at radius 2 is 1.71 bits per heavy atom. The van der Waals surface area contributed by atoms with E-state index in [2.05, 4.69) is 25.5 Å². The largest absolute Gasteiger partial charge is 0.457 e. The standard InChI is InChI=1S/C25H16F3N5O2/c26-25(27,28)17-3-1-2-15(10-17)24(34)32-18-4-6-19(7-5-18)35-20-8-9-21-22(11-20)33-23(14-29-21)16-12-30-31-13-16/h1-14H,(H,30,31)(H,32,34). The average molecular weight is 475 g/mol. The van der Waals surface area contributed by atoms with Crippen molar-refractivity contribution in [3.8, 4) is 22.8 Å². The number of rotatable bonds is 5. The Balaban J connectivity index is 1.29. The summed E-state index contributed by atoms with van der Waals surface area (Å²) in [5.74, 6) is 0.392. The lowest BCUT2D eigenvalue weighted by molar-refractivity contribution is -0.137. The van der Waals surface area contributed by atoms with Crippen molar-refractivity contribution in [3.05, 3.63) is 96.4 Å². The molecule has 0 aliphatic carbocycles. The van der Waals surface area contributed by atoms with Crippen LogP contribution in [0.5, 0.6) is 11.5 Å². The Morgan fingerprint density at radius 1 is 0.914 bits per heavy atom. The third kappa shape index (κ3) is 4.96. The zero-order chi connectivity index (χ0) is 24.4. The van der Waals surface area contributed by atoms with Crippen molar-refractivity contribution in [2.24, 2.45) is 0 Å². The number of hydrogen-bond acceptors (Lipinski definition) is 5. The fourth-order valence-electron chi connectivity index (χ4n) is 3.37. The average Bonchev–Trinajstić information content (AvgIpc) is 3.39. The molecule has 10 heteroatoms. The number of ether oxygens (including phenoxy) is 1. The number of alkyl halides is 3. The van der Waals surface area contributed by atoms with E-state index in [-0.39, 0.29) is 5.56 Å². The van der Waals surface area contributed by atoms with E-state index in [4.69, 9.17) is 4.74 Å².